The quantitative estimate of drug-likeness (QED) is 0.853. The predicted molar refractivity (Wildman–Crippen MR) is 96.2 cm³/mol. The molecule has 0 radical (unpaired) electrons. The zero-order valence-corrected chi connectivity index (χ0v) is 16.2. The highest BCUT2D eigenvalue weighted by atomic mass is 79.9. The second-order valence-electron chi connectivity index (χ2n) is 7.28. The van der Waals surface area contributed by atoms with Crippen LogP contribution in [-0.2, 0) is 11.2 Å². The topological polar surface area (TPSA) is 69.0 Å². The third kappa shape index (κ3) is 5.33. The molecule has 0 aliphatic rings. The Morgan fingerprint density at radius 2 is 1.96 bits per heavy atom. The fourth-order valence-corrected chi connectivity index (χ4v) is 2.48. The minimum Gasteiger partial charge on any atom is -0.444 e. The van der Waals surface area contributed by atoms with Crippen molar-refractivity contribution in [1.82, 2.24) is 19.9 Å². The Labute approximate surface area is 150 Å². The lowest BCUT2D eigenvalue weighted by atomic mass is 9.99. The van der Waals surface area contributed by atoms with Crippen LogP contribution in [0.3, 0.4) is 0 Å². The minimum absolute atomic E-state index is 0.430. The zero-order valence-electron chi connectivity index (χ0n) is 14.6. The van der Waals surface area contributed by atoms with E-state index in [9.17, 15) is 4.79 Å². The maximum Gasteiger partial charge on any atom is 0.408 e. The summed E-state index contributed by atoms with van der Waals surface area (Å²) in [5.41, 5.74) is -0.0652. The van der Waals surface area contributed by atoms with Crippen molar-refractivity contribution in [3.8, 4) is 5.82 Å². The predicted octanol–water partition coefficient (Wildman–Crippen LogP) is 3.88. The number of rotatable bonds is 4. The first-order valence-electron chi connectivity index (χ1n) is 7.70. The number of nitrogens with zero attached hydrogens (tertiary/aromatic N) is 3. The number of hydrogen-bond acceptors (Lipinski definition) is 4. The van der Waals surface area contributed by atoms with Gasteiger partial charge in [-0.05, 0) is 62.7 Å². The Morgan fingerprint density at radius 1 is 1.25 bits per heavy atom. The molecule has 2 aromatic heterocycles. The Bertz CT molecular complexity index is 702. The molecule has 1 amide bonds. The lowest BCUT2D eigenvalue weighted by molar-refractivity contribution is 0.0472. The highest BCUT2D eigenvalue weighted by Gasteiger charge is 2.26. The van der Waals surface area contributed by atoms with Gasteiger partial charge in [-0.25, -0.2) is 14.8 Å². The van der Waals surface area contributed by atoms with E-state index in [4.69, 9.17) is 4.74 Å². The Kier molecular flexibility index (Phi) is 5.32. The summed E-state index contributed by atoms with van der Waals surface area (Å²) in [7, 11) is 0. The van der Waals surface area contributed by atoms with Crippen LogP contribution in [0.2, 0.25) is 0 Å². The molecule has 0 aliphatic carbocycles. The molecular weight excluding hydrogens is 372 g/mol. The van der Waals surface area contributed by atoms with Crippen molar-refractivity contribution < 1.29 is 9.53 Å². The Hall–Kier alpha value is -1.89. The average molecular weight is 395 g/mol. The lowest BCUT2D eigenvalue weighted by Gasteiger charge is -2.28. The van der Waals surface area contributed by atoms with Crippen molar-refractivity contribution in [1.29, 1.82) is 0 Å². The van der Waals surface area contributed by atoms with Crippen molar-refractivity contribution >= 4 is 22.0 Å². The van der Waals surface area contributed by atoms with Crippen LogP contribution in [0.5, 0.6) is 0 Å². The first-order valence-corrected chi connectivity index (χ1v) is 8.49. The van der Waals surface area contributed by atoms with Crippen LogP contribution in [0.15, 0.2) is 35.3 Å². The van der Waals surface area contributed by atoms with Crippen molar-refractivity contribution in [2.75, 3.05) is 0 Å². The van der Waals surface area contributed by atoms with Crippen molar-refractivity contribution in [2.45, 2.75) is 52.2 Å². The molecule has 0 atom stereocenters. The summed E-state index contributed by atoms with van der Waals surface area (Å²) in [6.07, 6.45) is 5.39. The molecule has 0 saturated carbocycles. The fourth-order valence-electron chi connectivity index (χ4n) is 2.25. The van der Waals surface area contributed by atoms with Gasteiger partial charge >= 0.3 is 6.09 Å². The smallest absolute Gasteiger partial charge is 0.408 e. The lowest BCUT2D eigenvalue weighted by Crippen LogP contribution is -2.47. The molecule has 24 heavy (non-hydrogen) atoms. The van der Waals surface area contributed by atoms with Gasteiger partial charge in [-0.3, -0.25) is 4.57 Å². The summed E-state index contributed by atoms with van der Waals surface area (Å²) < 4.78 is 8.15. The van der Waals surface area contributed by atoms with Crippen LogP contribution in [-0.4, -0.2) is 31.8 Å². The first kappa shape index (κ1) is 18.4. The maximum atomic E-state index is 12.0. The second-order valence-corrected chi connectivity index (χ2v) is 8.19. The van der Waals surface area contributed by atoms with Gasteiger partial charge in [0.05, 0.1) is 0 Å². The number of hydrogen-bond donors (Lipinski definition) is 1. The molecule has 2 rings (SSSR count). The van der Waals surface area contributed by atoms with Crippen molar-refractivity contribution in [3.05, 3.63) is 41.0 Å². The summed E-state index contributed by atoms with van der Waals surface area (Å²) >= 11 is 3.38. The van der Waals surface area contributed by atoms with Gasteiger partial charge in [0, 0.05) is 34.5 Å². The van der Waals surface area contributed by atoms with E-state index in [0.29, 0.717) is 6.42 Å². The molecule has 0 saturated heterocycles. The number of carbonyl (C=O) groups is 1. The highest BCUT2D eigenvalue weighted by molar-refractivity contribution is 9.10. The molecule has 0 fully saturated rings. The third-order valence-electron chi connectivity index (χ3n) is 3.14. The van der Waals surface area contributed by atoms with Gasteiger partial charge in [0.25, 0.3) is 0 Å². The van der Waals surface area contributed by atoms with E-state index in [2.05, 4.69) is 31.2 Å². The number of aromatic nitrogens is 3. The van der Waals surface area contributed by atoms with Gasteiger partial charge in [-0.1, -0.05) is 0 Å². The van der Waals surface area contributed by atoms with Crippen molar-refractivity contribution in [2.24, 2.45) is 0 Å². The number of ether oxygens (including phenoxy) is 1. The van der Waals surface area contributed by atoms with Gasteiger partial charge in [-0.2, -0.15) is 0 Å². The molecular formula is C17H23BrN4O2. The number of alkyl carbamates (subject to hydrolysis) is 1. The van der Waals surface area contributed by atoms with Gasteiger partial charge in [0.15, 0.2) is 0 Å². The van der Waals surface area contributed by atoms with E-state index >= 15 is 0 Å². The summed E-state index contributed by atoms with van der Waals surface area (Å²) in [6, 6.07) is 3.83. The molecule has 1 N–H and O–H groups in total. The Morgan fingerprint density at radius 3 is 2.54 bits per heavy atom. The molecule has 0 bridgehead atoms. The molecule has 2 heterocycles. The van der Waals surface area contributed by atoms with E-state index in [-0.39, 0.29) is 0 Å². The Balaban J connectivity index is 2.12. The largest absolute Gasteiger partial charge is 0.444 e. The van der Waals surface area contributed by atoms with E-state index in [1.165, 1.54) is 0 Å². The second kappa shape index (κ2) is 6.93. The molecule has 0 aromatic carbocycles. The van der Waals surface area contributed by atoms with Gasteiger partial charge < -0.3 is 10.1 Å². The molecule has 0 unspecified atom stereocenters. The average Bonchev–Trinajstić information content (AvgIpc) is 2.83. The van der Waals surface area contributed by atoms with Crippen molar-refractivity contribution in [3.63, 3.8) is 0 Å². The molecule has 130 valence electrons. The van der Waals surface area contributed by atoms with E-state index in [1.807, 2.05) is 51.3 Å². The summed E-state index contributed by atoms with van der Waals surface area (Å²) in [6.45, 7) is 9.42. The molecule has 0 spiro atoms. The highest BCUT2D eigenvalue weighted by Crippen LogP contribution is 2.18. The maximum absolute atomic E-state index is 12.0. The normalized spacial score (nSPS) is 12.1. The summed E-state index contributed by atoms with van der Waals surface area (Å²) in [5, 5.41) is 2.91. The number of imidazole rings is 1. The third-order valence-corrected chi connectivity index (χ3v) is 3.61. The molecule has 6 nitrogen and oxygen atoms in total. The standard InChI is InChI=1S/C17H23BrN4O2/c1-16(2,3)24-15(23)21-17(4,5)8-13-10-19-11-22(13)14-7-6-12(18)9-20-14/h6-7,9-11H,8H2,1-5H3,(H,21,23). The van der Waals surface area contributed by atoms with Crippen LogP contribution in [0, 0.1) is 0 Å². The van der Waals surface area contributed by atoms with Gasteiger partial charge in [0.1, 0.15) is 17.7 Å². The van der Waals surface area contributed by atoms with Gasteiger partial charge in [-0.15, -0.1) is 0 Å². The SMILES string of the molecule is CC(C)(Cc1cncn1-c1ccc(Br)cn1)NC(=O)OC(C)(C)C. The van der Waals surface area contributed by atoms with E-state index in [1.54, 1.807) is 18.7 Å². The molecule has 0 aliphatic heterocycles. The molecule has 7 heteroatoms. The number of halogens is 1. The number of nitrogens with one attached hydrogen (secondary N) is 1. The van der Waals surface area contributed by atoms with E-state index in [0.717, 1.165) is 16.0 Å². The minimum atomic E-state index is -0.525. The monoisotopic (exact) mass is 394 g/mol. The van der Waals surface area contributed by atoms with Crippen LogP contribution in [0.1, 0.15) is 40.3 Å². The number of pyridine rings is 1. The summed E-state index contributed by atoms with van der Waals surface area (Å²) in [5.74, 6) is 0.777. The van der Waals surface area contributed by atoms with Crippen LogP contribution in [0.25, 0.3) is 5.82 Å². The van der Waals surface area contributed by atoms with Gasteiger partial charge in [0.2, 0.25) is 0 Å². The first-order chi connectivity index (χ1) is 11.1. The zero-order chi connectivity index (χ0) is 18.0. The van der Waals surface area contributed by atoms with E-state index < -0.39 is 17.2 Å². The number of amides is 1. The summed E-state index contributed by atoms with van der Waals surface area (Å²) in [4.78, 5) is 20.6. The fraction of sp³-hybridized carbons (Fsp3) is 0.471. The van der Waals surface area contributed by atoms with Crippen LogP contribution >= 0.6 is 15.9 Å². The number of carbonyl (C=O) groups excluding carboxylic acids is 1. The molecule has 2 aromatic rings. The van der Waals surface area contributed by atoms with Crippen LogP contribution in [0.4, 0.5) is 4.79 Å². The van der Waals surface area contributed by atoms with Crippen LogP contribution < -0.4 is 5.32 Å².